The molecule has 0 fully saturated rings. The second-order valence-corrected chi connectivity index (χ2v) is 1.98. The third kappa shape index (κ3) is 1.17. The summed E-state index contributed by atoms with van der Waals surface area (Å²) in [6, 6.07) is 0. The van der Waals surface area contributed by atoms with Gasteiger partial charge in [-0.2, -0.15) is 0 Å². The smallest absolute Gasteiger partial charge is 0.0399 e. The van der Waals surface area contributed by atoms with Crippen LogP contribution in [-0.2, 0) is 0 Å². The van der Waals surface area contributed by atoms with E-state index < -0.39 is 0 Å². The Morgan fingerprint density at radius 3 is 2.88 bits per heavy atom. The Bertz CT molecular complexity index is 139. The van der Waals surface area contributed by atoms with E-state index in [0.717, 1.165) is 5.70 Å². The van der Waals surface area contributed by atoms with Crippen molar-refractivity contribution in [2.45, 2.75) is 6.92 Å². The molecule has 0 unspecified atom stereocenters. The molecule has 8 heavy (non-hydrogen) atoms. The molecule has 1 aliphatic heterocycles. The second-order valence-electron chi connectivity index (χ2n) is 1.61. The van der Waals surface area contributed by atoms with Crippen LogP contribution in [0.25, 0.3) is 0 Å². The van der Waals surface area contributed by atoms with Crippen LogP contribution >= 0.6 is 11.8 Å². The fourth-order valence-corrected chi connectivity index (χ4v) is 0.704. The molecule has 3 heteroatoms. The standard InChI is InChI=1S/C5H7ClN2/c1-5-3-2-4-8(6)7-5/h2-4,7H,1H3. The van der Waals surface area contributed by atoms with E-state index in [9.17, 15) is 0 Å². The summed E-state index contributed by atoms with van der Waals surface area (Å²) >= 11 is 5.51. The molecular formula is C5H7ClN2. The van der Waals surface area contributed by atoms with Crippen molar-refractivity contribution in [1.29, 1.82) is 0 Å². The molecule has 1 N–H and O–H groups in total. The van der Waals surface area contributed by atoms with Crippen LogP contribution in [0.3, 0.4) is 0 Å². The highest BCUT2D eigenvalue weighted by Crippen LogP contribution is 2.00. The molecular weight excluding hydrogens is 124 g/mol. The van der Waals surface area contributed by atoms with Gasteiger partial charge in [0.25, 0.3) is 0 Å². The van der Waals surface area contributed by atoms with E-state index in [1.807, 2.05) is 19.1 Å². The average molecular weight is 131 g/mol. The Balaban J connectivity index is 2.59. The molecule has 0 bridgehead atoms. The van der Waals surface area contributed by atoms with Crippen molar-refractivity contribution in [2.75, 3.05) is 0 Å². The van der Waals surface area contributed by atoms with Gasteiger partial charge in [0.05, 0.1) is 0 Å². The van der Waals surface area contributed by atoms with Gasteiger partial charge in [-0.25, -0.2) is 4.53 Å². The first-order valence-corrected chi connectivity index (χ1v) is 2.69. The molecule has 0 aromatic heterocycles. The maximum Gasteiger partial charge on any atom is 0.0399 e. The fraction of sp³-hybridized carbons (Fsp3) is 0.200. The first-order valence-electron chi connectivity index (χ1n) is 2.36. The zero-order valence-electron chi connectivity index (χ0n) is 4.56. The first kappa shape index (κ1) is 5.51. The number of nitrogens with one attached hydrogen (secondary N) is 1. The van der Waals surface area contributed by atoms with Crippen molar-refractivity contribution in [1.82, 2.24) is 9.95 Å². The molecule has 0 amide bonds. The summed E-state index contributed by atoms with van der Waals surface area (Å²) in [6.07, 6.45) is 5.55. The number of rotatable bonds is 0. The second kappa shape index (κ2) is 2.09. The van der Waals surface area contributed by atoms with E-state index in [1.165, 1.54) is 4.53 Å². The molecule has 1 rings (SSSR count). The topological polar surface area (TPSA) is 15.3 Å². The van der Waals surface area contributed by atoms with E-state index in [-0.39, 0.29) is 0 Å². The molecule has 0 atom stereocenters. The zero-order valence-corrected chi connectivity index (χ0v) is 5.31. The van der Waals surface area contributed by atoms with Gasteiger partial charge in [0, 0.05) is 23.7 Å². The largest absolute Gasteiger partial charge is 0.289 e. The lowest BCUT2D eigenvalue weighted by atomic mass is 10.4. The van der Waals surface area contributed by atoms with Crippen molar-refractivity contribution in [2.24, 2.45) is 0 Å². The quantitative estimate of drug-likeness (QED) is 0.499. The summed E-state index contributed by atoms with van der Waals surface area (Å²) in [6.45, 7) is 1.94. The Morgan fingerprint density at radius 2 is 2.50 bits per heavy atom. The van der Waals surface area contributed by atoms with Gasteiger partial charge < -0.3 is 0 Å². The minimum atomic E-state index is 1.04. The number of hydrazine groups is 1. The van der Waals surface area contributed by atoms with Crippen LogP contribution in [0.4, 0.5) is 0 Å². The minimum absolute atomic E-state index is 1.04. The van der Waals surface area contributed by atoms with Crippen LogP contribution in [0.15, 0.2) is 24.0 Å². The van der Waals surface area contributed by atoms with E-state index in [1.54, 1.807) is 6.20 Å². The molecule has 0 saturated carbocycles. The van der Waals surface area contributed by atoms with E-state index in [2.05, 4.69) is 5.43 Å². The molecule has 0 aliphatic carbocycles. The number of nitrogens with zero attached hydrogens (tertiary/aromatic N) is 1. The van der Waals surface area contributed by atoms with Crippen molar-refractivity contribution in [3.63, 3.8) is 0 Å². The van der Waals surface area contributed by atoms with Crippen LogP contribution in [0.2, 0.25) is 0 Å². The Kier molecular flexibility index (Phi) is 1.44. The predicted octanol–water partition coefficient (Wildman–Crippen LogP) is 1.38. The summed E-state index contributed by atoms with van der Waals surface area (Å²) in [5.74, 6) is 0. The summed E-state index contributed by atoms with van der Waals surface area (Å²) < 4.78 is 1.38. The van der Waals surface area contributed by atoms with Gasteiger partial charge in [-0.1, -0.05) is 0 Å². The lowest BCUT2D eigenvalue weighted by Crippen LogP contribution is -2.24. The zero-order chi connectivity index (χ0) is 5.98. The number of allylic oxidation sites excluding steroid dienone is 3. The van der Waals surface area contributed by atoms with E-state index in [4.69, 9.17) is 11.8 Å². The highest BCUT2D eigenvalue weighted by molar-refractivity contribution is 6.13. The van der Waals surface area contributed by atoms with Gasteiger partial charge >= 0.3 is 0 Å². The summed E-state index contributed by atoms with van der Waals surface area (Å²) in [7, 11) is 0. The summed E-state index contributed by atoms with van der Waals surface area (Å²) in [4.78, 5) is 0. The summed E-state index contributed by atoms with van der Waals surface area (Å²) in [5.41, 5.74) is 3.90. The van der Waals surface area contributed by atoms with Crippen LogP contribution in [-0.4, -0.2) is 4.53 Å². The highest BCUT2D eigenvalue weighted by atomic mass is 35.5. The van der Waals surface area contributed by atoms with Crippen LogP contribution in [0.5, 0.6) is 0 Å². The van der Waals surface area contributed by atoms with Gasteiger partial charge in [0.15, 0.2) is 0 Å². The van der Waals surface area contributed by atoms with E-state index in [0.29, 0.717) is 0 Å². The molecule has 0 aromatic rings. The molecule has 1 heterocycles. The van der Waals surface area contributed by atoms with Crippen molar-refractivity contribution >= 4 is 11.8 Å². The molecule has 0 radical (unpaired) electrons. The first-order chi connectivity index (χ1) is 3.79. The Morgan fingerprint density at radius 1 is 1.75 bits per heavy atom. The molecule has 2 nitrogen and oxygen atoms in total. The molecule has 0 spiro atoms. The van der Waals surface area contributed by atoms with Gasteiger partial charge in [0.1, 0.15) is 0 Å². The molecule has 1 aliphatic rings. The van der Waals surface area contributed by atoms with Gasteiger partial charge in [-0.3, -0.25) is 5.43 Å². The molecule has 0 aromatic carbocycles. The maximum absolute atomic E-state index is 5.51. The van der Waals surface area contributed by atoms with Crippen molar-refractivity contribution < 1.29 is 0 Å². The van der Waals surface area contributed by atoms with Crippen molar-refractivity contribution in [3.05, 3.63) is 24.0 Å². The van der Waals surface area contributed by atoms with Gasteiger partial charge in [0.2, 0.25) is 0 Å². The lowest BCUT2D eigenvalue weighted by molar-refractivity contribution is 0.490. The van der Waals surface area contributed by atoms with Gasteiger partial charge in [-0.15, -0.1) is 0 Å². The molecule has 0 saturated heterocycles. The van der Waals surface area contributed by atoms with E-state index >= 15 is 0 Å². The maximum atomic E-state index is 5.51. The monoisotopic (exact) mass is 130 g/mol. The number of hydrogen-bond donors (Lipinski definition) is 1. The molecule has 44 valence electrons. The van der Waals surface area contributed by atoms with Crippen LogP contribution in [0, 0.1) is 0 Å². The third-order valence-electron chi connectivity index (χ3n) is 0.846. The predicted molar refractivity (Wildman–Crippen MR) is 33.7 cm³/mol. The fourth-order valence-electron chi connectivity index (χ4n) is 0.506. The Hall–Kier alpha value is -0.630. The van der Waals surface area contributed by atoms with Crippen molar-refractivity contribution in [3.8, 4) is 0 Å². The average Bonchev–Trinajstić information content (AvgIpc) is 1.64. The normalized spacial score (nSPS) is 17.8. The minimum Gasteiger partial charge on any atom is -0.289 e. The highest BCUT2D eigenvalue weighted by Gasteiger charge is 1.94. The van der Waals surface area contributed by atoms with Crippen LogP contribution < -0.4 is 5.43 Å². The van der Waals surface area contributed by atoms with Gasteiger partial charge in [-0.05, 0) is 19.1 Å². The summed E-state index contributed by atoms with van der Waals surface area (Å²) in [5, 5.41) is 0. The van der Waals surface area contributed by atoms with Crippen LogP contribution in [0.1, 0.15) is 6.92 Å². The number of hydrogen-bond acceptors (Lipinski definition) is 2. The lowest BCUT2D eigenvalue weighted by Gasteiger charge is -2.15. The Labute approximate surface area is 53.5 Å². The third-order valence-corrected chi connectivity index (χ3v) is 1.04. The SMILES string of the molecule is CC1=CC=CN(Cl)N1. The number of halogens is 1.